The molecule has 1 atom stereocenters. The number of hydrogen-bond acceptors (Lipinski definition) is 4. The molecule has 3 aromatic rings. The van der Waals surface area contributed by atoms with Gasteiger partial charge >= 0.3 is 0 Å². The molecule has 0 unspecified atom stereocenters. The van der Waals surface area contributed by atoms with Crippen molar-refractivity contribution in [3.63, 3.8) is 0 Å². The minimum Gasteiger partial charge on any atom is -0.345 e. The van der Waals surface area contributed by atoms with Crippen molar-refractivity contribution in [1.82, 2.24) is 9.97 Å². The van der Waals surface area contributed by atoms with Gasteiger partial charge in [0.25, 0.3) is 5.56 Å². The Morgan fingerprint density at radius 2 is 1.87 bits per heavy atom. The SMILES string of the molecule is Cc1cccc(N2C[C@H](c3cc(=O)[nH]c(N(C)CCc4ccccc4)n3)CC2=O)c1C. The zero-order valence-electron chi connectivity index (χ0n) is 18.3. The van der Waals surface area contributed by atoms with Gasteiger partial charge < -0.3 is 9.80 Å². The summed E-state index contributed by atoms with van der Waals surface area (Å²) in [5.41, 5.74) is 4.92. The standard InChI is InChI=1S/C25H28N4O2/c1-17-8-7-11-22(18(17)2)29-16-20(14-24(29)31)21-15-23(30)27-25(26-21)28(3)13-12-19-9-5-4-6-10-19/h4-11,15,20H,12-14,16H2,1-3H3,(H,26,27,30)/t20-/m1/s1. The molecule has 6 heteroatoms. The van der Waals surface area contributed by atoms with Crippen LogP contribution >= 0.6 is 0 Å². The summed E-state index contributed by atoms with van der Waals surface area (Å²) in [6, 6.07) is 17.8. The summed E-state index contributed by atoms with van der Waals surface area (Å²) in [6.45, 7) is 5.35. The number of nitrogens with zero attached hydrogens (tertiary/aromatic N) is 3. The van der Waals surface area contributed by atoms with Crippen LogP contribution in [0.5, 0.6) is 0 Å². The topological polar surface area (TPSA) is 69.3 Å². The number of benzene rings is 2. The van der Waals surface area contributed by atoms with E-state index >= 15 is 0 Å². The molecule has 2 aromatic carbocycles. The predicted molar refractivity (Wildman–Crippen MR) is 124 cm³/mol. The van der Waals surface area contributed by atoms with Crippen molar-refractivity contribution in [2.45, 2.75) is 32.6 Å². The summed E-state index contributed by atoms with van der Waals surface area (Å²) < 4.78 is 0. The number of likely N-dealkylation sites (N-methyl/N-ethyl adjacent to an activating group) is 1. The van der Waals surface area contributed by atoms with Crippen molar-refractivity contribution in [2.75, 3.05) is 29.9 Å². The lowest BCUT2D eigenvalue weighted by Gasteiger charge is -2.21. The van der Waals surface area contributed by atoms with E-state index in [0.29, 0.717) is 24.6 Å². The molecule has 0 bridgehead atoms. The summed E-state index contributed by atoms with van der Waals surface area (Å²) in [5.74, 6) is 0.506. The summed E-state index contributed by atoms with van der Waals surface area (Å²) in [4.78, 5) is 36.5. The Morgan fingerprint density at radius 1 is 1.10 bits per heavy atom. The maximum Gasteiger partial charge on any atom is 0.252 e. The van der Waals surface area contributed by atoms with Crippen molar-refractivity contribution >= 4 is 17.5 Å². The van der Waals surface area contributed by atoms with Gasteiger partial charge in [-0.1, -0.05) is 42.5 Å². The van der Waals surface area contributed by atoms with Crippen molar-refractivity contribution in [3.05, 3.63) is 87.3 Å². The van der Waals surface area contributed by atoms with Crippen LogP contribution in [0.1, 0.15) is 34.7 Å². The number of amides is 1. The first kappa shape index (κ1) is 20.8. The first-order valence-corrected chi connectivity index (χ1v) is 10.7. The van der Waals surface area contributed by atoms with Crippen LogP contribution in [0.2, 0.25) is 0 Å². The molecule has 0 saturated carbocycles. The number of aryl methyl sites for hydroxylation is 1. The number of hydrogen-bond donors (Lipinski definition) is 1. The minimum atomic E-state index is -0.191. The zero-order valence-corrected chi connectivity index (χ0v) is 18.3. The van der Waals surface area contributed by atoms with Gasteiger partial charge in [0.05, 0.1) is 5.69 Å². The van der Waals surface area contributed by atoms with Gasteiger partial charge in [0.2, 0.25) is 11.9 Å². The van der Waals surface area contributed by atoms with E-state index in [2.05, 4.69) is 17.1 Å². The second-order valence-corrected chi connectivity index (χ2v) is 8.28. The molecule has 6 nitrogen and oxygen atoms in total. The van der Waals surface area contributed by atoms with E-state index in [4.69, 9.17) is 4.98 Å². The second kappa shape index (κ2) is 8.76. The van der Waals surface area contributed by atoms with Gasteiger partial charge in [-0.05, 0) is 43.0 Å². The Hall–Kier alpha value is -3.41. The van der Waals surface area contributed by atoms with E-state index in [1.165, 1.54) is 11.6 Å². The molecule has 160 valence electrons. The van der Waals surface area contributed by atoms with Crippen LogP contribution in [0.4, 0.5) is 11.6 Å². The molecule has 1 aliphatic rings. The fourth-order valence-corrected chi connectivity index (χ4v) is 4.07. The number of H-pyrrole nitrogens is 1. The molecule has 1 amide bonds. The number of aromatic amines is 1. The van der Waals surface area contributed by atoms with Crippen LogP contribution in [-0.2, 0) is 11.2 Å². The Bertz CT molecular complexity index is 1140. The van der Waals surface area contributed by atoms with E-state index in [1.807, 2.05) is 67.1 Å². The Labute approximate surface area is 182 Å². The van der Waals surface area contributed by atoms with Crippen LogP contribution in [-0.4, -0.2) is 36.0 Å². The number of nitrogens with one attached hydrogen (secondary N) is 1. The van der Waals surface area contributed by atoms with Crippen molar-refractivity contribution in [2.24, 2.45) is 0 Å². The quantitative estimate of drug-likeness (QED) is 0.667. The summed E-state index contributed by atoms with van der Waals surface area (Å²) >= 11 is 0. The molecule has 31 heavy (non-hydrogen) atoms. The Morgan fingerprint density at radius 3 is 2.65 bits per heavy atom. The number of carbonyl (C=O) groups excluding carboxylic acids is 1. The first-order valence-electron chi connectivity index (χ1n) is 10.7. The van der Waals surface area contributed by atoms with Crippen LogP contribution in [0, 0.1) is 13.8 Å². The van der Waals surface area contributed by atoms with Gasteiger partial charge in [0.1, 0.15) is 0 Å². The first-order chi connectivity index (χ1) is 14.9. The normalized spacial score (nSPS) is 16.0. The molecule has 1 aromatic heterocycles. The van der Waals surface area contributed by atoms with E-state index in [1.54, 1.807) is 0 Å². The van der Waals surface area contributed by atoms with E-state index in [-0.39, 0.29) is 17.4 Å². The molecule has 4 rings (SSSR count). The van der Waals surface area contributed by atoms with Crippen molar-refractivity contribution < 1.29 is 4.79 Å². The number of carbonyl (C=O) groups is 1. The summed E-state index contributed by atoms with van der Waals surface area (Å²) in [7, 11) is 1.92. The fraction of sp³-hybridized carbons (Fsp3) is 0.320. The number of aromatic nitrogens is 2. The highest BCUT2D eigenvalue weighted by atomic mass is 16.2. The van der Waals surface area contributed by atoms with Crippen molar-refractivity contribution in [3.8, 4) is 0 Å². The van der Waals surface area contributed by atoms with Gasteiger partial charge in [-0.3, -0.25) is 14.6 Å². The molecule has 0 spiro atoms. The average Bonchev–Trinajstić information content (AvgIpc) is 3.15. The highest BCUT2D eigenvalue weighted by Crippen LogP contribution is 2.33. The molecule has 0 aliphatic carbocycles. The zero-order chi connectivity index (χ0) is 22.0. The van der Waals surface area contributed by atoms with Gasteiger partial charge in [0.15, 0.2) is 0 Å². The third kappa shape index (κ3) is 4.53. The maximum absolute atomic E-state index is 12.8. The third-order valence-electron chi connectivity index (χ3n) is 6.10. The fourth-order valence-electron chi connectivity index (χ4n) is 4.07. The third-order valence-corrected chi connectivity index (χ3v) is 6.10. The summed E-state index contributed by atoms with van der Waals surface area (Å²) in [6.07, 6.45) is 1.21. The molecule has 0 radical (unpaired) electrons. The van der Waals surface area contributed by atoms with E-state index in [9.17, 15) is 9.59 Å². The lowest BCUT2D eigenvalue weighted by molar-refractivity contribution is -0.117. The number of rotatable bonds is 6. The smallest absolute Gasteiger partial charge is 0.252 e. The monoisotopic (exact) mass is 416 g/mol. The van der Waals surface area contributed by atoms with Crippen LogP contribution < -0.4 is 15.4 Å². The maximum atomic E-state index is 12.8. The molecule has 1 saturated heterocycles. The lowest BCUT2D eigenvalue weighted by atomic mass is 10.0. The van der Waals surface area contributed by atoms with Gasteiger partial charge in [-0.15, -0.1) is 0 Å². The largest absolute Gasteiger partial charge is 0.345 e. The molecule has 1 aliphatic heterocycles. The lowest BCUT2D eigenvalue weighted by Crippen LogP contribution is -2.27. The highest BCUT2D eigenvalue weighted by molar-refractivity contribution is 5.97. The average molecular weight is 417 g/mol. The van der Waals surface area contributed by atoms with Gasteiger partial charge in [0, 0.05) is 44.2 Å². The molecule has 2 heterocycles. The molecular formula is C25H28N4O2. The second-order valence-electron chi connectivity index (χ2n) is 8.28. The highest BCUT2D eigenvalue weighted by Gasteiger charge is 2.33. The Balaban J connectivity index is 1.52. The molecule has 1 N–H and O–H groups in total. The van der Waals surface area contributed by atoms with Crippen LogP contribution in [0.25, 0.3) is 0 Å². The minimum absolute atomic E-state index is 0.0692. The molecule has 1 fully saturated rings. The predicted octanol–water partition coefficient (Wildman–Crippen LogP) is 3.59. The number of anilines is 2. The van der Waals surface area contributed by atoms with Gasteiger partial charge in [-0.2, -0.15) is 0 Å². The van der Waals surface area contributed by atoms with Gasteiger partial charge in [-0.25, -0.2) is 4.98 Å². The summed E-state index contributed by atoms with van der Waals surface area (Å²) in [5, 5.41) is 0. The molecular weight excluding hydrogens is 388 g/mol. The van der Waals surface area contributed by atoms with E-state index < -0.39 is 0 Å². The van der Waals surface area contributed by atoms with Crippen LogP contribution in [0.15, 0.2) is 59.4 Å². The van der Waals surface area contributed by atoms with E-state index in [0.717, 1.165) is 29.8 Å². The van der Waals surface area contributed by atoms with Crippen molar-refractivity contribution in [1.29, 1.82) is 0 Å². The van der Waals surface area contributed by atoms with Crippen LogP contribution in [0.3, 0.4) is 0 Å². The Kier molecular flexibility index (Phi) is 5.89.